The first kappa shape index (κ1) is 17.6. The van der Waals surface area contributed by atoms with Crippen LogP contribution in [0.25, 0.3) is 22.2 Å². The number of nitro benzene ring substituents is 1. The monoisotopic (exact) mass is 370 g/mol. The van der Waals surface area contributed by atoms with Crippen LogP contribution in [0.5, 0.6) is 0 Å². The van der Waals surface area contributed by atoms with Crippen LogP contribution in [0, 0.1) is 10.1 Å². The van der Waals surface area contributed by atoms with Crippen molar-refractivity contribution in [2.75, 3.05) is 11.9 Å². The van der Waals surface area contributed by atoms with E-state index in [-0.39, 0.29) is 17.6 Å². The van der Waals surface area contributed by atoms with E-state index < -0.39 is 4.92 Å². The average Bonchev–Trinajstić information content (AvgIpc) is 2.61. The normalized spacial score (nSPS) is 11.5. The lowest BCUT2D eigenvalue weighted by atomic mass is 10.0. The van der Waals surface area contributed by atoms with Crippen LogP contribution in [0.3, 0.4) is 0 Å². The van der Waals surface area contributed by atoms with Gasteiger partial charge in [-0.2, -0.15) is 0 Å². The van der Waals surface area contributed by atoms with Crippen molar-refractivity contribution in [1.82, 2.24) is 9.97 Å². The van der Waals surface area contributed by atoms with Crippen molar-refractivity contribution < 1.29 is 4.92 Å². The Labute approximate surface area is 153 Å². The smallest absolute Gasteiger partial charge is 0.278 e. The van der Waals surface area contributed by atoms with Gasteiger partial charge in [0.1, 0.15) is 0 Å². The number of hydrogen-bond donors (Lipinski definition) is 2. The first-order valence-electron chi connectivity index (χ1n) is 7.77. The summed E-state index contributed by atoms with van der Waals surface area (Å²) in [4.78, 5) is 23.8. The van der Waals surface area contributed by atoms with Gasteiger partial charge in [0.05, 0.1) is 21.7 Å². The van der Waals surface area contributed by atoms with Crippen LogP contribution in [0.2, 0.25) is 5.02 Å². The van der Waals surface area contributed by atoms with Crippen LogP contribution in [0.15, 0.2) is 47.5 Å². The van der Waals surface area contributed by atoms with E-state index in [0.717, 1.165) is 0 Å². The number of nitrogens with two attached hydrogens (primary N) is 1. The molecule has 1 heterocycles. The number of guanidine groups is 1. The Kier molecular flexibility index (Phi) is 4.94. The number of rotatable bonds is 4. The van der Waals surface area contributed by atoms with Gasteiger partial charge >= 0.3 is 0 Å². The van der Waals surface area contributed by atoms with E-state index in [0.29, 0.717) is 33.7 Å². The number of aliphatic imine (C=N–C) groups is 1. The highest BCUT2D eigenvalue weighted by Gasteiger charge is 2.19. The lowest BCUT2D eigenvalue weighted by Crippen LogP contribution is -2.24. The highest BCUT2D eigenvalue weighted by Crippen LogP contribution is 2.34. The van der Waals surface area contributed by atoms with Gasteiger partial charge in [-0.3, -0.25) is 20.4 Å². The minimum absolute atomic E-state index is 0.0615. The van der Waals surface area contributed by atoms with Gasteiger partial charge in [-0.25, -0.2) is 9.97 Å². The van der Waals surface area contributed by atoms with E-state index in [9.17, 15) is 10.1 Å². The number of anilines is 1. The molecule has 0 bridgehead atoms. The quantitative estimate of drug-likeness (QED) is 0.313. The molecule has 0 fully saturated rings. The molecule has 0 spiro atoms. The van der Waals surface area contributed by atoms with Crippen LogP contribution in [0.4, 0.5) is 11.6 Å². The van der Waals surface area contributed by atoms with Crippen molar-refractivity contribution in [1.29, 1.82) is 0 Å². The molecule has 0 atom stereocenters. The summed E-state index contributed by atoms with van der Waals surface area (Å²) in [5.74, 6) is 0.358. The van der Waals surface area contributed by atoms with E-state index in [2.05, 4.69) is 20.3 Å². The molecule has 3 aromatic rings. The predicted octanol–water partition coefficient (Wildman–Crippen LogP) is 3.60. The number of hydrogen-bond acceptors (Lipinski definition) is 5. The van der Waals surface area contributed by atoms with E-state index in [1.807, 2.05) is 6.92 Å². The molecule has 0 aliphatic heterocycles. The Morgan fingerprint density at radius 1 is 1.31 bits per heavy atom. The number of nitro groups is 1. The Morgan fingerprint density at radius 3 is 2.81 bits per heavy atom. The maximum atomic E-state index is 11.4. The lowest BCUT2D eigenvalue weighted by molar-refractivity contribution is -0.384. The SMILES string of the molecule is CCN=C(N)Nc1nc(-c2ccccc2[N+](=O)[O-])c2cc(Cl)ccc2n1. The molecule has 0 unspecified atom stereocenters. The Hall–Kier alpha value is -3.26. The summed E-state index contributed by atoms with van der Waals surface area (Å²) in [7, 11) is 0. The maximum Gasteiger partial charge on any atom is 0.278 e. The van der Waals surface area contributed by atoms with Crippen LogP contribution >= 0.6 is 11.6 Å². The minimum Gasteiger partial charge on any atom is -0.370 e. The van der Waals surface area contributed by atoms with Crippen LogP contribution in [-0.2, 0) is 0 Å². The third-order valence-electron chi connectivity index (χ3n) is 3.58. The van der Waals surface area contributed by atoms with Gasteiger partial charge in [0, 0.05) is 23.0 Å². The number of aromatic nitrogens is 2. The fourth-order valence-corrected chi connectivity index (χ4v) is 2.69. The summed E-state index contributed by atoms with van der Waals surface area (Å²) in [6.45, 7) is 2.34. The fourth-order valence-electron chi connectivity index (χ4n) is 2.52. The first-order valence-corrected chi connectivity index (χ1v) is 8.15. The van der Waals surface area contributed by atoms with Crippen LogP contribution < -0.4 is 11.1 Å². The number of para-hydroxylation sites is 1. The molecule has 0 saturated carbocycles. The molecule has 1 aromatic heterocycles. The molecule has 0 radical (unpaired) electrons. The van der Waals surface area contributed by atoms with Gasteiger partial charge in [-0.1, -0.05) is 23.7 Å². The molecule has 0 aliphatic rings. The maximum absolute atomic E-state index is 11.4. The number of halogens is 1. The van der Waals surface area contributed by atoms with E-state index >= 15 is 0 Å². The Bertz CT molecular complexity index is 1020. The lowest BCUT2D eigenvalue weighted by Gasteiger charge is -2.10. The second kappa shape index (κ2) is 7.32. The molecular formula is C17H15ClN6O2. The van der Waals surface area contributed by atoms with E-state index in [1.54, 1.807) is 36.4 Å². The van der Waals surface area contributed by atoms with Crippen molar-refractivity contribution in [2.24, 2.45) is 10.7 Å². The first-order chi connectivity index (χ1) is 12.5. The summed E-state index contributed by atoms with van der Waals surface area (Å²) >= 11 is 6.10. The van der Waals surface area contributed by atoms with Crippen molar-refractivity contribution in [3.05, 3.63) is 57.6 Å². The van der Waals surface area contributed by atoms with Gasteiger partial charge in [0.25, 0.3) is 5.69 Å². The molecule has 0 amide bonds. The fraction of sp³-hybridized carbons (Fsp3) is 0.118. The molecule has 26 heavy (non-hydrogen) atoms. The van der Waals surface area contributed by atoms with Gasteiger partial charge in [0.15, 0.2) is 5.96 Å². The standard InChI is InChI=1S/C17H15ClN6O2/c1-2-20-16(19)23-17-21-13-8-7-10(18)9-12(13)15(22-17)11-5-3-4-6-14(11)24(25)26/h3-9H,2H2,1H3,(H3,19,20,21,22,23). The van der Waals surface area contributed by atoms with Crippen molar-refractivity contribution >= 4 is 40.1 Å². The van der Waals surface area contributed by atoms with Crippen molar-refractivity contribution in [2.45, 2.75) is 6.92 Å². The number of benzene rings is 2. The van der Waals surface area contributed by atoms with Gasteiger partial charge < -0.3 is 5.73 Å². The topological polar surface area (TPSA) is 119 Å². The molecule has 8 nitrogen and oxygen atoms in total. The summed E-state index contributed by atoms with van der Waals surface area (Å²) in [5.41, 5.74) is 7.04. The molecule has 2 aromatic carbocycles. The largest absolute Gasteiger partial charge is 0.370 e. The number of nitrogens with one attached hydrogen (secondary N) is 1. The second-order valence-electron chi connectivity index (χ2n) is 5.32. The van der Waals surface area contributed by atoms with E-state index in [1.165, 1.54) is 6.07 Å². The number of nitrogens with zero attached hydrogens (tertiary/aromatic N) is 4. The number of fused-ring (bicyclic) bond motifs is 1. The van der Waals surface area contributed by atoms with Gasteiger partial charge in [-0.15, -0.1) is 0 Å². The van der Waals surface area contributed by atoms with Crippen molar-refractivity contribution in [3.8, 4) is 11.3 Å². The van der Waals surface area contributed by atoms with E-state index in [4.69, 9.17) is 17.3 Å². The minimum atomic E-state index is -0.451. The third-order valence-corrected chi connectivity index (χ3v) is 3.82. The summed E-state index contributed by atoms with van der Waals surface area (Å²) in [6, 6.07) is 11.4. The molecule has 0 saturated heterocycles. The molecule has 3 rings (SSSR count). The third kappa shape index (κ3) is 3.55. The summed E-state index contributed by atoms with van der Waals surface area (Å²) in [5, 5.41) is 15.3. The highest BCUT2D eigenvalue weighted by atomic mass is 35.5. The predicted molar refractivity (Wildman–Crippen MR) is 102 cm³/mol. The molecular weight excluding hydrogens is 356 g/mol. The Morgan fingerprint density at radius 2 is 2.08 bits per heavy atom. The zero-order valence-electron chi connectivity index (χ0n) is 13.8. The average molecular weight is 371 g/mol. The summed E-state index contributed by atoms with van der Waals surface area (Å²) < 4.78 is 0. The molecule has 3 N–H and O–H groups in total. The van der Waals surface area contributed by atoms with Gasteiger partial charge in [-0.05, 0) is 31.2 Å². The molecule has 9 heteroatoms. The van der Waals surface area contributed by atoms with Crippen LogP contribution in [-0.4, -0.2) is 27.4 Å². The zero-order valence-corrected chi connectivity index (χ0v) is 14.6. The van der Waals surface area contributed by atoms with Crippen LogP contribution in [0.1, 0.15) is 6.92 Å². The molecule has 132 valence electrons. The highest BCUT2D eigenvalue weighted by molar-refractivity contribution is 6.31. The zero-order chi connectivity index (χ0) is 18.7. The molecule has 0 aliphatic carbocycles. The Balaban J connectivity index is 2.27. The second-order valence-corrected chi connectivity index (χ2v) is 5.75. The van der Waals surface area contributed by atoms with Crippen molar-refractivity contribution in [3.63, 3.8) is 0 Å². The van der Waals surface area contributed by atoms with Gasteiger partial charge in [0.2, 0.25) is 5.95 Å². The summed E-state index contributed by atoms with van der Waals surface area (Å²) in [6.07, 6.45) is 0.